The van der Waals surface area contributed by atoms with Gasteiger partial charge in [-0.1, -0.05) is 0 Å². The van der Waals surface area contributed by atoms with Gasteiger partial charge < -0.3 is 5.32 Å². The molecule has 0 aromatic carbocycles. The van der Waals surface area contributed by atoms with E-state index in [2.05, 4.69) is 15.0 Å². The van der Waals surface area contributed by atoms with Crippen molar-refractivity contribution in [3.8, 4) is 0 Å². The molecule has 1 aromatic heterocycles. The molecular weight excluding hydrogens is 221 g/mol. The summed E-state index contributed by atoms with van der Waals surface area (Å²) in [5.74, 6) is -0.441. The number of hydrogen-bond acceptors (Lipinski definition) is 4. The molecule has 0 amide bonds. The smallest absolute Gasteiger partial charge is 0.235 e. The van der Waals surface area contributed by atoms with Crippen molar-refractivity contribution in [2.24, 2.45) is 0 Å². The van der Waals surface area contributed by atoms with Crippen LogP contribution in [0.3, 0.4) is 0 Å². The highest BCUT2D eigenvalue weighted by Crippen LogP contribution is 2.05. The molecule has 0 unspecified atom stereocenters. The second-order valence-corrected chi connectivity index (χ2v) is 4.73. The van der Waals surface area contributed by atoms with Crippen LogP contribution in [0.5, 0.6) is 0 Å². The number of rotatable bonds is 5. The molecule has 0 aliphatic rings. The summed E-state index contributed by atoms with van der Waals surface area (Å²) >= 11 is 0. The highest BCUT2D eigenvalue weighted by Gasteiger charge is 2.09. The monoisotopic (exact) mass is 233 g/mol. The molecular formula is C8H12FN3O2S. The van der Waals surface area contributed by atoms with E-state index in [1.54, 1.807) is 7.05 Å². The first-order chi connectivity index (χ1) is 7.03. The van der Waals surface area contributed by atoms with Crippen LogP contribution in [0.4, 0.5) is 10.2 Å². The zero-order chi connectivity index (χ0) is 11.3. The molecule has 7 heteroatoms. The number of sulfonamides is 1. The van der Waals surface area contributed by atoms with Gasteiger partial charge in [-0.2, -0.15) is 0 Å². The number of halogens is 1. The molecule has 1 heterocycles. The Morgan fingerprint density at radius 1 is 1.47 bits per heavy atom. The van der Waals surface area contributed by atoms with E-state index in [1.807, 2.05) is 0 Å². The molecule has 0 saturated carbocycles. The maximum absolute atomic E-state index is 12.5. The molecule has 84 valence electrons. The third-order valence-electron chi connectivity index (χ3n) is 1.61. The van der Waals surface area contributed by atoms with Gasteiger partial charge in [0.1, 0.15) is 11.6 Å². The Labute approximate surface area is 87.8 Å². The van der Waals surface area contributed by atoms with Crippen LogP contribution in [0.1, 0.15) is 0 Å². The summed E-state index contributed by atoms with van der Waals surface area (Å²) in [4.78, 5) is 3.59. The summed E-state index contributed by atoms with van der Waals surface area (Å²) in [6.07, 6.45) is 0.954. The van der Waals surface area contributed by atoms with Gasteiger partial charge in [0.2, 0.25) is 10.0 Å². The average molecular weight is 233 g/mol. The zero-order valence-corrected chi connectivity index (χ0v) is 9.01. The second kappa shape index (κ2) is 5.04. The third kappa shape index (κ3) is 4.22. The Bertz CT molecular complexity index is 404. The predicted octanol–water partition coefficient (Wildman–Crippen LogP) is 0.182. The van der Waals surface area contributed by atoms with Gasteiger partial charge in [0.05, 0.1) is 11.9 Å². The topological polar surface area (TPSA) is 71.1 Å². The molecule has 0 fully saturated rings. The standard InChI is InChI=1S/C8H12FN3O2S/c1-10-4-5-15(13,14)12-8-3-2-7(9)6-11-8/h2-3,6,10H,4-5H2,1H3,(H,11,12). The molecule has 0 bridgehead atoms. The minimum atomic E-state index is -3.41. The van der Waals surface area contributed by atoms with Crippen LogP contribution >= 0.6 is 0 Å². The number of pyridine rings is 1. The molecule has 5 nitrogen and oxygen atoms in total. The van der Waals surface area contributed by atoms with Crippen LogP contribution in [0.15, 0.2) is 18.3 Å². The van der Waals surface area contributed by atoms with E-state index in [-0.39, 0.29) is 11.6 Å². The first-order valence-electron chi connectivity index (χ1n) is 4.30. The average Bonchev–Trinajstić information content (AvgIpc) is 2.18. The second-order valence-electron chi connectivity index (χ2n) is 2.89. The Morgan fingerprint density at radius 3 is 2.73 bits per heavy atom. The van der Waals surface area contributed by atoms with Crippen LogP contribution in [0.25, 0.3) is 0 Å². The molecule has 0 aliphatic heterocycles. The number of nitrogens with one attached hydrogen (secondary N) is 2. The van der Waals surface area contributed by atoms with Gasteiger partial charge >= 0.3 is 0 Å². The zero-order valence-electron chi connectivity index (χ0n) is 8.20. The van der Waals surface area contributed by atoms with Crippen LogP contribution in [0, 0.1) is 5.82 Å². The Balaban J connectivity index is 2.65. The first kappa shape index (κ1) is 11.9. The highest BCUT2D eigenvalue weighted by molar-refractivity contribution is 7.92. The van der Waals surface area contributed by atoms with Crippen molar-refractivity contribution >= 4 is 15.8 Å². The molecule has 0 saturated heterocycles. The van der Waals surface area contributed by atoms with Crippen molar-refractivity contribution in [2.45, 2.75) is 0 Å². The lowest BCUT2D eigenvalue weighted by Gasteiger charge is -2.06. The predicted molar refractivity (Wildman–Crippen MR) is 55.5 cm³/mol. The Morgan fingerprint density at radius 2 is 2.20 bits per heavy atom. The van der Waals surface area contributed by atoms with E-state index in [0.29, 0.717) is 6.54 Å². The molecule has 2 N–H and O–H groups in total. The van der Waals surface area contributed by atoms with Crippen molar-refractivity contribution in [2.75, 3.05) is 24.1 Å². The van der Waals surface area contributed by atoms with Crippen LogP contribution in [0.2, 0.25) is 0 Å². The number of anilines is 1. The Kier molecular flexibility index (Phi) is 3.98. The Hall–Kier alpha value is -1.21. The number of nitrogens with zero attached hydrogens (tertiary/aromatic N) is 1. The fraction of sp³-hybridized carbons (Fsp3) is 0.375. The third-order valence-corrected chi connectivity index (χ3v) is 2.87. The van der Waals surface area contributed by atoms with E-state index < -0.39 is 15.8 Å². The van der Waals surface area contributed by atoms with Crippen LogP contribution in [-0.2, 0) is 10.0 Å². The summed E-state index contributed by atoms with van der Waals surface area (Å²) in [5, 5.41) is 2.72. The largest absolute Gasteiger partial charge is 0.319 e. The molecule has 0 aliphatic carbocycles. The van der Waals surface area contributed by atoms with Gasteiger partial charge in [0.25, 0.3) is 0 Å². The van der Waals surface area contributed by atoms with Crippen LogP contribution in [-0.4, -0.2) is 32.7 Å². The maximum atomic E-state index is 12.5. The fourth-order valence-corrected chi connectivity index (χ4v) is 1.90. The van der Waals surface area contributed by atoms with Gasteiger partial charge in [0.15, 0.2) is 0 Å². The summed E-state index contributed by atoms with van der Waals surface area (Å²) < 4.78 is 37.4. The van der Waals surface area contributed by atoms with Crippen molar-refractivity contribution in [3.63, 3.8) is 0 Å². The summed E-state index contributed by atoms with van der Waals surface area (Å²) in [7, 11) is -1.75. The van der Waals surface area contributed by atoms with Gasteiger partial charge in [-0.3, -0.25) is 4.72 Å². The molecule has 0 spiro atoms. The maximum Gasteiger partial charge on any atom is 0.235 e. The molecule has 1 aromatic rings. The minimum Gasteiger partial charge on any atom is -0.319 e. The summed E-state index contributed by atoms with van der Waals surface area (Å²) in [6, 6.07) is 2.41. The summed E-state index contributed by atoms with van der Waals surface area (Å²) in [6.45, 7) is 0.344. The fourth-order valence-electron chi connectivity index (χ4n) is 0.883. The lowest BCUT2D eigenvalue weighted by molar-refractivity contribution is 0.598. The SMILES string of the molecule is CNCCS(=O)(=O)Nc1ccc(F)cn1. The number of hydrogen-bond donors (Lipinski definition) is 2. The number of aromatic nitrogens is 1. The molecule has 0 atom stereocenters. The lowest BCUT2D eigenvalue weighted by atomic mass is 10.5. The summed E-state index contributed by atoms with van der Waals surface area (Å²) in [5.41, 5.74) is 0. The van der Waals surface area contributed by atoms with Gasteiger partial charge in [-0.05, 0) is 19.2 Å². The minimum absolute atomic E-state index is 0.0530. The van der Waals surface area contributed by atoms with E-state index in [1.165, 1.54) is 6.07 Å². The van der Waals surface area contributed by atoms with E-state index in [4.69, 9.17) is 0 Å². The molecule has 1 rings (SSSR count). The quantitative estimate of drug-likeness (QED) is 0.761. The molecule has 15 heavy (non-hydrogen) atoms. The van der Waals surface area contributed by atoms with Gasteiger partial charge in [0, 0.05) is 6.54 Å². The van der Waals surface area contributed by atoms with Gasteiger partial charge in [-0.15, -0.1) is 0 Å². The van der Waals surface area contributed by atoms with E-state index in [9.17, 15) is 12.8 Å². The van der Waals surface area contributed by atoms with Crippen molar-refractivity contribution < 1.29 is 12.8 Å². The van der Waals surface area contributed by atoms with E-state index in [0.717, 1.165) is 12.3 Å². The highest BCUT2D eigenvalue weighted by atomic mass is 32.2. The van der Waals surface area contributed by atoms with E-state index >= 15 is 0 Å². The van der Waals surface area contributed by atoms with Crippen molar-refractivity contribution in [1.82, 2.24) is 10.3 Å². The van der Waals surface area contributed by atoms with Crippen molar-refractivity contribution in [3.05, 3.63) is 24.1 Å². The van der Waals surface area contributed by atoms with Crippen molar-refractivity contribution in [1.29, 1.82) is 0 Å². The lowest BCUT2D eigenvalue weighted by Crippen LogP contribution is -2.24. The normalized spacial score (nSPS) is 11.3. The van der Waals surface area contributed by atoms with Gasteiger partial charge in [-0.25, -0.2) is 17.8 Å². The first-order valence-corrected chi connectivity index (χ1v) is 5.95. The molecule has 0 radical (unpaired) electrons. The van der Waals surface area contributed by atoms with Crippen LogP contribution < -0.4 is 10.0 Å².